The van der Waals surface area contributed by atoms with Gasteiger partial charge in [0.25, 0.3) is 0 Å². The first-order valence-corrected chi connectivity index (χ1v) is 11.2. The first kappa shape index (κ1) is 24.0. The van der Waals surface area contributed by atoms with Gasteiger partial charge in [0, 0.05) is 20.2 Å². The van der Waals surface area contributed by atoms with E-state index in [4.69, 9.17) is 4.74 Å². The van der Waals surface area contributed by atoms with E-state index in [0.717, 1.165) is 0 Å². The monoisotopic (exact) mass is 475 g/mol. The van der Waals surface area contributed by atoms with E-state index in [1.807, 2.05) is 42.5 Å². The quantitative estimate of drug-likeness (QED) is 0.356. The Morgan fingerprint density at radius 1 is 1.03 bits per heavy atom. The lowest BCUT2D eigenvalue weighted by molar-refractivity contribution is -0.142. The highest BCUT2D eigenvalue weighted by Crippen LogP contribution is 2.25. The van der Waals surface area contributed by atoms with Gasteiger partial charge >= 0.3 is 0 Å². The fourth-order valence-corrected chi connectivity index (χ4v) is 3.84. The second-order valence-corrected chi connectivity index (χ2v) is 7.98. The van der Waals surface area contributed by atoms with Crippen LogP contribution in [0.25, 0.3) is 11.0 Å². The zero-order valence-corrected chi connectivity index (χ0v) is 19.3. The van der Waals surface area contributed by atoms with E-state index in [-0.39, 0.29) is 30.7 Å². The summed E-state index contributed by atoms with van der Waals surface area (Å²) in [6.45, 7) is 0.620. The molecule has 1 aromatic heterocycles. The number of fused-ring (bicyclic) bond motifs is 1. The Balaban J connectivity index is 1.70. The number of carbonyl (C=O) groups is 2. The largest absolute Gasteiger partial charge is 0.383 e. The molecule has 0 radical (unpaired) electrons. The molecule has 180 valence electrons. The maximum atomic E-state index is 13.7. The Morgan fingerprint density at radius 3 is 2.49 bits per heavy atom. The summed E-state index contributed by atoms with van der Waals surface area (Å²) >= 11 is 0. The van der Waals surface area contributed by atoms with E-state index in [1.54, 1.807) is 31.4 Å². The number of methoxy groups -OCH3 is 1. The van der Waals surface area contributed by atoms with E-state index >= 15 is 0 Å². The summed E-state index contributed by atoms with van der Waals surface area (Å²) in [5.74, 6) is -1.05. The first-order chi connectivity index (χ1) is 17.1. The third kappa shape index (κ3) is 5.88. The summed E-state index contributed by atoms with van der Waals surface area (Å²) in [6, 6.07) is 21.4. The summed E-state index contributed by atoms with van der Waals surface area (Å²) in [4.78, 5) is 28.6. The molecule has 0 bridgehead atoms. The lowest BCUT2D eigenvalue weighted by Crippen LogP contribution is -2.45. The van der Waals surface area contributed by atoms with Gasteiger partial charge in [0.2, 0.25) is 11.8 Å². The molecule has 1 atom stereocenters. The molecule has 0 aliphatic rings. The number of rotatable bonds is 10. The average molecular weight is 476 g/mol. The minimum absolute atomic E-state index is 0.100. The molecule has 4 rings (SSSR count). The van der Waals surface area contributed by atoms with E-state index in [2.05, 4.69) is 15.6 Å². The van der Waals surface area contributed by atoms with Crippen molar-refractivity contribution in [3.8, 4) is 0 Å². The van der Waals surface area contributed by atoms with Crippen LogP contribution in [0.2, 0.25) is 0 Å². The Kier molecular flexibility index (Phi) is 7.79. The van der Waals surface area contributed by atoms with Crippen molar-refractivity contribution in [3.63, 3.8) is 0 Å². The van der Waals surface area contributed by atoms with E-state index in [0.29, 0.717) is 35.3 Å². The van der Waals surface area contributed by atoms with Crippen LogP contribution in [0.1, 0.15) is 17.2 Å². The molecule has 9 heteroatoms. The number of hydrogen-bond donors (Lipinski definition) is 1. The van der Waals surface area contributed by atoms with Crippen LogP contribution < -0.4 is 5.32 Å². The van der Waals surface area contributed by atoms with Crippen LogP contribution in [0.3, 0.4) is 0 Å². The average Bonchev–Trinajstić information content (AvgIpc) is 3.28. The van der Waals surface area contributed by atoms with E-state index < -0.39 is 6.04 Å². The van der Waals surface area contributed by atoms with Gasteiger partial charge in [-0.25, -0.2) is 9.07 Å². The number of carbonyl (C=O) groups excluding carboxylic acids is 2. The number of aromatic nitrogens is 3. The lowest BCUT2D eigenvalue weighted by Gasteiger charge is -2.31. The van der Waals surface area contributed by atoms with E-state index in [1.165, 1.54) is 21.7 Å². The fourth-order valence-electron chi connectivity index (χ4n) is 3.84. The van der Waals surface area contributed by atoms with Gasteiger partial charge in [-0.15, -0.1) is 5.10 Å². The van der Waals surface area contributed by atoms with Crippen LogP contribution >= 0.6 is 0 Å². The zero-order chi connectivity index (χ0) is 24.6. The van der Waals surface area contributed by atoms with Gasteiger partial charge < -0.3 is 15.0 Å². The third-order valence-electron chi connectivity index (χ3n) is 5.57. The number of hydrogen-bond acceptors (Lipinski definition) is 5. The van der Waals surface area contributed by atoms with Gasteiger partial charge in [-0.3, -0.25) is 9.59 Å². The maximum absolute atomic E-state index is 13.7. The number of amides is 2. The molecule has 8 nitrogen and oxygen atoms in total. The van der Waals surface area contributed by atoms with Crippen molar-refractivity contribution in [2.75, 3.05) is 20.3 Å². The number of benzene rings is 3. The molecule has 0 saturated carbocycles. The van der Waals surface area contributed by atoms with Crippen molar-refractivity contribution in [2.45, 2.75) is 19.1 Å². The molecule has 1 heterocycles. The predicted octanol–water partition coefficient (Wildman–Crippen LogP) is 3.10. The van der Waals surface area contributed by atoms with Gasteiger partial charge in [-0.1, -0.05) is 59.8 Å². The van der Waals surface area contributed by atoms with Crippen molar-refractivity contribution < 1.29 is 18.7 Å². The van der Waals surface area contributed by atoms with Crippen molar-refractivity contribution in [1.29, 1.82) is 0 Å². The molecular weight excluding hydrogens is 449 g/mol. The van der Waals surface area contributed by atoms with Crippen molar-refractivity contribution >= 4 is 22.8 Å². The predicted molar refractivity (Wildman–Crippen MR) is 129 cm³/mol. The number of nitrogens with zero attached hydrogens (tertiary/aromatic N) is 4. The Hall–Kier alpha value is -4.11. The van der Waals surface area contributed by atoms with Crippen LogP contribution in [0.5, 0.6) is 0 Å². The minimum Gasteiger partial charge on any atom is -0.383 e. The van der Waals surface area contributed by atoms with E-state index in [9.17, 15) is 14.0 Å². The molecule has 0 aliphatic carbocycles. The Labute approximate surface area is 202 Å². The SMILES string of the molecule is COCCNC(=O)[C@@H](c1ccccc1)N(Cc1ccc(F)cc1)C(=O)Cn1nnc2ccccc21. The number of ether oxygens (including phenoxy) is 1. The highest BCUT2D eigenvalue weighted by molar-refractivity contribution is 5.89. The molecule has 35 heavy (non-hydrogen) atoms. The first-order valence-electron chi connectivity index (χ1n) is 11.2. The maximum Gasteiger partial charge on any atom is 0.247 e. The normalized spacial score (nSPS) is 11.8. The second-order valence-electron chi connectivity index (χ2n) is 7.98. The molecule has 0 saturated heterocycles. The minimum atomic E-state index is -0.916. The number of para-hydroxylation sites is 1. The topological polar surface area (TPSA) is 89.4 Å². The number of nitrogens with one attached hydrogen (secondary N) is 1. The molecule has 0 aliphatic heterocycles. The standard InChI is InChI=1S/C26H26FN5O3/c1-35-16-15-28-26(34)25(20-7-3-2-4-8-20)31(17-19-11-13-21(27)14-12-19)24(33)18-32-23-10-6-5-9-22(23)29-30-32/h2-14,25H,15-18H2,1H3,(H,28,34)/t25-/m1/s1. The van der Waals surface area contributed by atoms with Crippen LogP contribution in [-0.4, -0.2) is 52.0 Å². The summed E-state index contributed by atoms with van der Waals surface area (Å²) in [5, 5.41) is 11.1. The van der Waals surface area contributed by atoms with Crippen molar-refractivity contribution in [2.24, 2.45) is 0 Å². The number of halogens is 1. The lowest BCUT2D eigenvalue weighted by atomic mass is 10.0. The summed E-state index contributed by atoms with van der Waals surface area (Å²) < 4.78 is 20.1. The molecule has 0 fully saturated rings. The summed E-state index contributed by atoms with van der Waals surface area (Å²) in [7, 11) is 1.55. The van der Waals surface area contributed by atoms with Gasteiger partial charge in [0.05, 0.1) is 12.1 Å². The molecule has 3 aromatic carbocycles. The highest BCUT2D eigenvalue weighted by atomic mass is 19.1. The van der Waals surface area contributed by atoms with Gasteiger partial charge in [0.15, 0.2) is 0 Å². The highest BCUT2D eigenvalue weighted by Gasteiger charge is 2.32. The molecule has 0 unspecified atom stereocenters. The Bertz CT molecular complexity index is 1280. The van der Waals surface area contributed by atoms with Crippen LogP contribution in [0.4, 0.5) is 4.39 Å². The van der Waals surface area contributed by atoms with Crippen LogP contribution in [0.15, 0.2) is 78.9 Å². The van der Waals surface area contributed by atoms with Crippen LogP contribution in [-0.2, 0) is 27.4 Å². The molecule has 4 aromatic rings. The van der Waals surface area contributed by atoms with Crippen molar-refractivity contribution in [1.82, 2.24) is 25.2 Å². The second kappa shape index (κ2) is 11.3. The van der Waals surface area contributed by atoms with Gasteiger partial charge in [-0.2, -0.15) is 0 Å². The zero-order valence-electron chi connectivity index (χ0n) is 19.3. The van der Waals surface area contributed by atoms with Gasteiger partial charge in [0.1, 0.15) is 23.9 Å². The van der Waals surface area contributed by atoms with Gasteiger partial charge in [-0.05, 0) is 35.4 Å². The summed E-state index contributed by atoms with van der Waals surface area (Å²) in [6.07, 6.45) is 0. The van der Waals surface area contributed by atoms with Crippen molar-refractivity contribution in [3.05, 3.63) is 95.8 Å². The molecular formula is C26H26FN5O3. The third-order valence-corrected chi connectivity index (χ3v) is 5.57. The fraction of sp³-hybridized carbons (Fsp3) is 0.231. The van der Waals surface area contributed by atoms with Crippen LogP contribution in [0, 0.1) is 5.82 Å². The summed E-state index contributed by atoms with van der Waals surface area (Å²) in [5.41, 5.74) is 2.72. The Morgan fingerprint density at radius 2 is 1.74 bits per heavy atom. The molecule has 2 amide bonds. The molecule has 1 N–H and O–H groups in total. The smallest absolute Gasteiger partial charge is 0.247 e. The molecule has 0 spiro atoms.